The summed E-state index contributed by atoms with van der Waals surface area (Å²) in [5, 5.41) is 18.4. The van der Waals surface area contributed by atoms with E-state index in [1.165, 1.54) is 0 Å². The minimum Gasteiger partial charge on any atom is -0.544 e. The number of hydrogen-bond donors (Lipinski definition) is 2. The molecule has 0 fully saturated rings. The van der Waals surface area contributed by atoms with Crippen LogP contribution in [0.2, 0.25) is 19.6 Å². The van der Waals surface area contributed by atoms with Crippen LogP contribution in [0.4, 0.5) is 4.79 Å². The molecule has 1 aromatic heterocycles. The standard InChI is InChI=1S/C13H17NO5Si/c1-20(2,3)19-10-6-4-5-9-11(10)8(12(15)16)7-14(9)13(17)18/h6-7H,4-5H2,1-3H3,(H,15,16)(H,17,18). The van der Waals surface area contributed by atoms with Crippen LogP contribution < -0.4 is 0 Å². The van der Waals surface area contributed by atoms with E-state index in [0.717, 1.165) is 10.8 Å². The lowest BCUT2D eigenvalue weighted by Gasteiger charge is -2.25. The van der Waals surface area contributed by atoms with Gasteiger partial charge in [0.1, 0.15) is 5.76 Å². The molecule has 2 N–H and O–H groups in total. The first-order valence-corrected chi connectivity index (χ1v) is 9.72. The van der Waals surface area contributed by atoms with Crippen molar-refractivity contribution in [3.63, 3.8) is 0 Å². The van der Waals surface area contributed by atoms with E-state index in [4.69, 9.17) is 4.43 Å². The smallest absolute Gasteiger partial charge is 0.415 e. The van der Waals surface area contributed by atoms with Gasteiger partial charge in [-0.3, -0.25) is 4.57 Å². The third-order valence-corrected chi connectivity index (χ3v) is 3.75. The third-order valence-electron chi connectivity index (χ3n) is 2.92. The molecule has 1 aliphatic carbocycles. The van der Waals surface area contributed by atoms with Crippen molar-refractivity contribution in [3.05, 3.63) is 29.1 Å². The maximum atomic E-state index is 11.3. The number of aromatic nitrogens is 1. The van der Waals surface area contributed by atoms with Gasteiger partial charge in [-0.1, -0.05) is 0 Å². The van der Waals surface area contributed by atoms with Crippen molar-refractivity contribution >= 4 is 26.1 Å². The zero-order valence-electron chi connectivity index (χ0n) is 11.6. The largest absolute Gasteiger partial charge is 0.544 e. The molecule has 0 saturated carbocycles. The summed E-state index contributed by atoms with van der Waals surface area (Å²) >= 11 is 0. The highest BCUT2D eigenvalue weighted by molar-refractivity contribution is 6.70. The molecule has 1 heterocycles. The third kappa shape index (κ3) is 2.62. The summed E-state index contributed by atoms with van der Waals surface area (Å²) in [6.45, 7) is 5.99. The molecule has 0 unspecified atom stereocenters. The maximum Gasteiger partial charge on any atom is 0.415 e. The highest BCUT2D eigenvalue weighted by Gasteiger charge is 2.30. The van der Waals surface area contributed by atoms with Crippen LogP contribution in [0.1, 0.15) is 28.0 Å². The first-order chi connectivity index (χ1) is 9.20. The molecular formula is C13H17NO5Si. The summed E-state index contributed by atoms with van der Waals surface area (Å²) in [7, 11) is -1.91. The number of nitrogens with zero attached hydrogens (tertiary/aromatic N) is 1. The van der Waals surface area contributed by atoms with Gasteiger partial charge in [0.2, 0.25) is 8.32 Å². The Bertz CT molecular complexity index is 609. The molecule has 0 saturated heterocycles. The van der Waals surface area contributed by atoms with Gasteiger partial charge in [0.25, 0.3) is 0 Å². The zero-order chi connectivity index (χ0) is 15.1. The van der Waals surface area contributed by atoms with Crippen LogP contribution in [0.3, 0.4) is 0 Å². The Kier molecular flexibility index (Phi) is 3.47. The van der Waals surface area contributed by atoms with Gasteiger partial charge in [-0.2, -0.15) is 0 Å². The Balaban J connectivity index is 2.59. The zero-order valence-corrected chi connectivity index (χ0v) is 12.6. The van der Waals surface area contributed by atoms with Gasteiger partial charge in [0.15, 0.2) is 0 Å². The molecule has 0 aromatic carbocycles. The second kappa shape index (κ2) is 4.82. The fourth-order valence-electron chi connectivity index (χ4n) is 2.27. The number of carboxylic acids is 1. The second-order valence-electron chi connectivity index (χ2n) is 5.64. The monoisotopic (exact) mass is 295 g/mol. The van der Waals surface area contributed by atoms with E-state index in [1.54, 1.807) is 0 Å². The lowest BCUT2D eigenvalue weighted by atomic mass is 10.00. The molecule has 0 atom stereocenters. The number of carbonyl (C=O) groups is 2. The maximum absolute atomic E-state index is 11.3. The fraction of sp³-hybridized carbons (Fsp3) is 0.385. The van der Waals surface area contributed by atoms with Crippen molar-refractivity contribution in [3.8, 4) is 0 Å². The average molecular weight is 295 g/mol. The molecule has 0 bridgehead atoms. The normalized spacial score (nSPS) is 14.4. The summed E-state index contributed by atoms with van der Waals surface area (Å²) in [5.41, 5.74) is 0.880. The Labute approximate surface area is 117 Å². The quantitative estimate of drug-likeness (QED) is 0.837. The molecule has 108 valence electrons. The van der Waals surface area contributed by atoms with Crippen molar-refractivity contribution in [2.45, 2.75) is 32.5 Å². The molecule has 7 heteroatoms. The molecule has 1 aliphatic rings. The molecule has 0 aliphatic heterocycles. The second-order valence-corrected chi connectivity index (χ2v) is 10.1. The number of hydrogen-bond acceptors (Lipinski definition) is 3. The lowest BCUT2D eigenvalue weighted by Crippen LogP contribution is -2.26. The van der Waals surface area contributed by atoms with Gasteiger partial charge in [-0.15, -0.1) is 0 Å². The van der Waals surface area contributed by atoms with E-state index in [-0.39, 0.29) is 5.56 Å². The van der Waals surface area contributed by atoms with E-state index in [2.05, 4.69) is 0 Å². The van der Waals surface area contributed by atoms with Crippen molar-refractivity contribution in [1.82, 2.24) is 4.57 Å². The van der Waals surface area contributed by atoms with Gasteiger partial charge in [0, 0.05) is 11.9 Å². The van der Waals surface area contributed by atoms with Crippen LogP contribution in [-0.4, -0.2) is 35.2 Å². The first kappa shape index (κ1) is 14.4. The number of rotatable bonds is 3. The van der Waals surface area contributed by atoms with Gasteiger partial charge >= 0.3 is 12.1 Å². The molecule has 1 aromatic rings. The van der Waals surface area contributed by atoms with Crippen molar-refractivity contribution in [2.75, 3.05) is 0 Å². The van der Waals surface area contributed by atoms with E-state index in [1.807, 2.05) is 25.7 Å². The van der Waals surface area contributed by atoms with E-state index < -0.39 is 20.4 Å². The summed E-state index contributed by atoms with van der Waals surface area (Å²) < 4.78 is 6.90. The Hall–Kier alpha value is -2.02. The number of allylic oxidation sites excluding steroid dienone is 1. The van der Waals surface area contributed by atoms with Crippen LogP contribution in [0.25, 0.3) is 5.76 Å². The van der Waals surface area contributed by atoms with E-state index >= 15 is 0 Å². The predicted molar refractivity (Wildman–Crippen MR) is 75.5 cm³/mol. The number of aromatic carboxylic acids is 1. The van der Waals surface area contributed by atoms with Gasteiger partial charge in [0.05, 0.1) is 11.1 Å². The highest BCUT2D eigenvalue weighted by Crippen LogP contribution is 2.33. The van der Waals surface area contributed by atoms with Crippen LogP contribution in [0, 0.1) is 0 Å². The lowest BCUT2D eigenvalue weighted by molar-refractivity contribution is 0.0696. The first-order valence-electron chi connectivity index (χ1n) is 6.31. The highest BCUT2D eigenvalue weighted by atomic mass is 28.4. The predicted octanol–water partition coefficient (Wildman–Crippen LogP) is 2.85. The summed E-state index contributed by atoms with van der Waals surface area (Å²) in [4.78, 5) is 22.6. The van der Waals surface area contributed by atoms with Gasteiger partial charge in [-0.05, 0) is 38.6 Å². The Morgan fingerprint density at radius 1 is 1.30 bits per heavy atom. The van der Waals surface area contributed by atoms with Gasteiger partial charge < -0.3 is 14.6 Å². The fourth-order valence-corrected chi connectivity index (χ4v) is 3.11. The van der Waals surface area contributed by atoms with Crippen LogP contribution in [-0.2, 0) is 10.8 Å². The Morgan fingerprint density at radius 3 is 2.45 bits per heavy atom. The molecule has 2 rings (SSSR count). The summed E-state index contributed by atoms with van der Waals surface area (Å²) in [5.74, 6) is -0.643. The molecule has 0 amide bonds. The topological polar surface area (TPSA) is 88.8 Å². The van der Waals surface area contributed by atoms with E-state index in [0.29, 0.717) is 29.9 Å². The van der Waals surface area contributed by atoms with Crippen LogP contribution in [0.5, 0.6) is 0 Å². The molecule has 6 nitrogen and oxygen atoms in total. The average Bonchev–Trinajstić information content (AvgIpc) is 2.67. The summed E-state index contributed by atoms with van der Waals surface area (Å²) in [6.07, 6.45) is 2.96. The van der Waals surface area contributed by atoms with Crippen molar-refractivity contribution in [1.29, 1.82) is 0 Å². The minimum absolute atomic E-state index is 0.0217. The molecule has 0 spiro atoms. The van der Waals surface area contributed by atoms with E-state index in [9.17, 15) is 19.8 Å². The Morgan fingerprint density at radius 2 is 1.95 bits per heavy atom. The van der Waals surface area contributed by atoms with Gasteiger partial charge in [-0.25, -0.2) is 9.59 Å². The molecular weight excluding hydrogens is 278 g/mol. The van der Waals surface area contributed by atoms with Crippen LogP contribution >= 0.6 is 0 Å². The summed E-state index contributed by atoms with van der Waals surface area (Å²) in [6, 6.07) is 0. The SMILES string of the molecule is C[Si](C)(C)OC1=CCCc2c1c(C(=O)O)cn2C(=O)O. The van der Waals surface area contributed by atoms with Crippen molar-refractivity contribution < 1.29 is 24.2 Å². The minimum atomic E-state index is -1.91. The number of fused-ring (bicyclic) bond motifs is 1. The molecule has 20 heavy (non-hydrogen) atoms. The van der Waals surface area contributed by atoms with Crippen molar-refractivity contribution in [2.24, 2.45) is 0 Å². The number of carboxylic acid groups (broad SMARTS) is 2. The van der Waals surface area contributed by atoms with Crippen LogP contribution in [0.15, 0.2) is 12.3 Å². The molecule has 0 radical (unpaired) electrons.